The Hall–Kier alpha value is -2.28. The van der Waals surface area contributed by atoms with Crippen molar-refractivity contribution < 1.29 is 19.1 Å². The number of likely N-dealkylation sites (N-methyl/N-ethyl adjacent to an activating group) is 1. The van der Waals surface area contributed by atoms with Gasteiger partial charge in [0.2, 0.25) is 6.41 Å². The van der Waals surface area contributed by atoms with Gasteiger partial charge in [0.1, 0.15) is 17.6 Å². The quantitative estimate of drug-likeness (QED) is 0.750. The number of pyridine rings is 1. The van der Waals surface area contributed by atoms with Crippen LogP contribution in [0.1, 0.15) is 40.9 Å². The zero-order chi connectivity index (χ0) is 17.1. The SMILES string of the molecule is CN(Cc1cc2c(nc1C=O)N(C=O)CCC2)C(=O)C1CCCO1. The number of hydrogen-bond acceptors (Lipinski definition) is 5. The average Bonchev–Trinajstić information content (AvgIpc) is 3.14. The lowest BCUT2D eigenvalue weighted by molar-refractivity contribution is -0.140. The Morgan fingerprint density at radius 1 is 1.46 bits per heavy atom. The number of rotatable bonds is 5. The summed E-state index contributed by atoms with van der Waals surface area (Å²) in [4.78, 5) is 42.4. The van der Waals surface area contributed by atoms with Crippen LogP contribution >= 0.6 is 0 Å². The van der Waals surface area contributed by atoms with Crippen molar-refractivity contribution in [2.75, 3.05) is 25.1 Å². The maximum Gasteiger partial charge on any atom is 0.251 e. The zero-order valence-electron chi connectivity index (χ0n) is 13.7. The number of carbonyl (C=O) groups is 3. The Morgan fingerprint density at radius 3 is 2.96 bits per heavy atom. The zero-order valence-corrected chi connectivity index (χ0v) is 13.7. The van der Waals surface area contributed by atoms with Crippen molar-refractivity contribution in [3.63, 3.8) is 0 Å². The van der Waals surface area contributed by atoms with Gasteiger partial charge in [-0.1, -0.05) is 0 Å². The number of carbonyl (C=O) groups excluding carboxylic acids is 3. The normalized spacial score (nSPS) is 19.7. The molecule has 2 aliphatic rings. The van der Waals surface area contributed by atoms with E-state index in [2.05, 4.69) is 4.98 Å². The molecule has 1 aromatic rings. The summed E-state index contributed by atoms with van der Waals surface area (Å²) >= 11 is 0. The number of aldehydes is 1. The van der Waals surface area contributed by atoms with E-state index < -0.39 is 0 Å². The van der Waals surface area contributed by atoms with Gasteiger partial charge in [-0.25, -0.2) is 4.98 Å². The van der Waals surface area contributed by atoms with Crippen LogP contribution in [0.4, 0.5) is 5.82 Å². The highest BCUT2D eigenvalue weighted by Crippen LogP contribution is 2.27. The highest BCUT2D eigenvalue weighted by molar-refractivity contribution is 5.83. The lowest BCUT2D eigenvalue weighted by Crippen LogP contribution is -2.36. The van der Waals surface area contributed by atoms with E-state index in [-0.39, 0.29) is 17.7 Å². The topological polar surface area (TPSA) is 79.8 Å². The molecule has 0 N–H and O–H groups in total. The summed E-state index contributed by atoms with van der Waals surface area (Å²) in [6.07, 6.45) is 4.34. The molecule has 1 atom stereocenters. The van der Waals surface area contributed by atoms with E-state index in [1.54, 1.807) is 11.9 Å². The number of aromatic nitrogens is 1. The minimum absolute atomic E-state index is 0.0726. The van der Waals surface area contributed by atoms with Crippen LogP contribution in [0, 0.1) is 0 Å². The van der Waals surface area contributed by atoms with Crippen LogP contribution in [0.3, 0.4) is 0 Å². The van der Waals surface area contributed by atoms with Crippen LogP contribution in [0.5, 0.6) is 0 Å². The number of aryl methyl sites for hydroxylation is 1. The maximum absolute atomic E-state index is 12.4. The van der Waals surface area contributed by atoms with Gasteiger partial charge in [0.05, 0.1) is 0 Å². The molecule has 0 saturated carbocycles. The third kappa shape index (κ3) is 3.17. The van der Waals surface area contributed by atoms with Gasteiger partial charge in [0, 0.05) is 32.3 Å². The van der Waals surface area contributed by atoms with Crippen molar-refractivity contribution in [3.05, 3.63) is 22.9 Å². The molecular weight excluding hydrogens is 310 g/mol. The molecule has 0 radical (unpaired) electrons. The van der Waals surface area contributed by atoms with E-state index in [9.17, 15) is 14.4 Å². The van der Waals surface area contributed by atoms with Crippen LogP contribution in [-0.2, 0) is 27.3 Å². The van der Waals surface area contributed by atoms with Crippen molar-refractivity contribution in [3.8, 4) is 0 Å². The first-order valence-electron chi connectivity index (χ1n) is 8.20. The fraction of sp³-hybridized carbons (Fsp3) is 0.529. The molecule has 0 aromatic carbocycles. The second kappa shape index (κ2) is 7.09. The fourth-order valence-corrected chi connectivity index (χ4v) is 3.27. The van der Waals surface area contributed by atoms with Crippen LogP contribution in [0.15, 0.2) is 6.07 Å². The lowest BCUT2D eigenvalue weighted by atomic mass is 10.0. The van der Waals surface area contributed by atoms with Crippen molar-refractivity contribution in [2.45, 2.75) is 38.3 Å². The summed E-state index contributed by atoms with van der Waals surface area (Å²) in [5, 5.41) is 0. The molecule has 0 spiro atoms. The van der Waals surface area contributed by atoms with E-state index in [1.165, 1.54) is 4.90 Å². The summed E-state index contributed by atoms with van der Waals surface area (Å²) in [5.41, 5.74) is 1.91. The van der Waals surface area contributed by atoms with Crippen LogP contribution < -0.4 is 4.90 Å². The van der Waals surface area contributed by atoms with Crippen molar-refractivity contribution in [1.29, 1.82) is 0 Å². The van der Waals surface area contributed by atoms with Gasteiger partial charge in [0.25, 0.3) is 5.91 Å². The predicted octanol–water partition coefficient (Wildman–Crippen LogP) is 0.940. The molecule has 0 bridgehead atoms. The molecule has 1 saturated heterocycles. The molecule has 3 rings (SSSR count). The molecule has 1 fully saturated rings. The van der Waals surface area contributed by atoms with Gasteiger partial charge in [-0.15, -0.1) is 0 Å². The second-order valence-electron chi connectivity index (χ2n) is 6.23. The largest absolute Gasteiger partial charge is 0.368 e. The molecule has 7 heteroatoms. The smallest absolute Gasteiger partial charge is 0.251 e. The minimum atomic E-state index is -0.383. The highest BCUT2D eigenvalue weighted by atomic mass is 16.5. The molecule has 3 heterocycles. The second-order valence-corrected chi connectivity index (χ2v) is 6.23. The van der Waals surface area contributed by atoms with Crippen LogP contribution in [0.2, 0.25) is 0 Å². The predicted molar refractivity (Wildman–Crippen MR) is 86.8 cm³/mol. The number of ether oxygens (including phenoxy) is 1. The molecule has 24 heavy (non-hydrogen) atoms. The van der Waals surface area contributed by atoms with E-state index >= 15 is 0 Å². The molecule has 7 nitrogen and oxygen atoms in total. The maximum atomic E-state index is 12.4. The van der Waals surface area contributed by atoms with E-state index in [1.807, 2.05) is 6.07 Å². The van der Waals surface area contributed by atoms with Gasteiger partial charge in [-0.05, 0) is 37.3 Å². The average molecular weight is 331 g/mol. The Morgan fingerprint density at radius 2 is 2.29 bits per heavy atom. The first kappa shape index (κ1) is 16.6. The molecular formula is C17H21N3O4. The standard InChI is InChI=1S/C17H21N3O4/c1-19(17(23)15-5-3-7-24-15)9-13-8-12-4-2-6-20(11-22)16(12)18-14(13)10-21/h8,10-11,15H,2-7,9H2,1H3. The Bertz CT molecular complexity index is 655. The van der Waals surface area contributed by atoms with Crippen molar-refractivity contribution >= 4 is 24.4 Å². The third-order valence-corrected chi connectivity index (χ3v) is 4.54. The number of anilines is 1. The van der Waals surface area contributed by atoms with Gasteiger partial charge < -0.3 is 9.64 Å². The van der Waals surface area contributed by atoms with Crippen LogP contribution in [0.25, 0.3) is 0 Å². The summed E-state index contributed by atoms with van der Waals surface area (Å²) in [7, 11) is 1.70. The molecule has 0 aliphatic carbocycles. The molecule has 2 amide bonds. The molecule has 1 aromatic heterocycles. The summed E-state index contributed by atoms with van der Waals surface area (Å²) in [6, 6.07) is 1.89. The van der Waals surface area contributed by atoms with Crippen molar-refractivity contribution in [2.24, 2.45) is 0 Å². The van der Waals surface area contributed by atoms with Gasteiger partial charge in [-0.2, -0.15) is 0 Å². The lowest BCUT2D eigenvalue weighted by Gasteiger charge is -2.27. The number of amides is 2. The molecule has 1 unspecified atom stereocenters. The summed E-state index contributed by atoms with van der Waals surface area (Å²) in [6.45, 7) is 1.53. The monoisotopic (exact) mass is 331 g/mol. The van der Waals surface area contributed by atoms with Gasteiger partial charge in [0.15, 0.2) is 6.29 Å². The van der Waals surface area contributed by atoms with Crippen LogP contribution in [-0.4, -0.2) is 54.8 Å². The highest BCUT2D eigenvalue weighted by Gasteiger charge is 2.27. The Balaban J connectivity index is 1.83. The van der Waals surface area contributed by atoms with Crippen molar-refractivity contribution in [1.82, 2.24) is 9.88 Å². The number of hydrogen-bond donors (Lipinski definition) is 0. The number of nitrogens with zero attached hydrogens (tertiary/aromatic N) is 3. The van der Waals surface area contributed by atoms with E-state index in [0.717, 1.165) is 37.7 Å². The minimum Gasteiger partial charge on any atom is -0.368 e. The van der Waals surface area contributed by atoms with Gasteiger partial charge >= 0.3 is 0 Å². The van der Waals surface area contributed by atoms with Gasteiger partial charge in [-0.3, -0.25) is 19.3 Å². The van der Waals surface area contributed by atoms with E-state index in [4.69, 9.17) is 4.74 Å². The third-order valence-electron chi connectivity index (χ3n) is 4.54. The van der Waals surface area contributed by atoms with E-state index in [0.29, 0.717) is 37.4 Å². The Labute approximate surface area is 140 Å². The Kier molecular flexibility index (Phi) is 4.89. The summed E-state index contributed by atoms with van der Waals surface area (Å²) in [5.74, 6) is 0.479. The molecule has 2 aliphatic heterocycles. The molecule has 128 valence electrons. The first-order valence-corrected chi connectivity index (χ1v) is 8.20. The number of fused-ring (bicyclic) bond motifs is 1. The summed E-state index contributed by atoms with van der Waals surface area (Å²) < 4.78 is 5.43. The fourth-order valence-electron chi connectivity index (χ4n) is 3.27. The first-order chi connectivity index (χ1) is 11.6.